The van der Waals surface area contributed by atoms with E-state index in [9.17, 15) is 14.4 Å². The van der Waals surface area contributed by atoms with Crippen LogP contribution in [-0.2, 0) is 9.59 Å². The SMILES string of the molecule is CC(=O)Oc1cccc(-c2sc3cc(OC(C)=O)ccc3c2C(=O)c2ccc(OCCN3CCCCC3)cc2)c1. The largest absolute Gasteiger partial charge is 0.492 e. The predicted molar refractivity (Wildman–Crippen MR) is 156 cm³/mol. The van der Waals surface area contributed by atoms with Crippen molar-refractivity contribution in [2.24, 2.45) is 0 Å². The van der Waals surface area contributed by atoms with E-state index in [0.717, 1.165) is 45.9 Å². The van der Waals surface area contributed by atoms with Gasteiger partial charge in [0.05, 0.1) is 0 Å². The van der Waals surface area contributed by atoms with Crippen LogP contribution in [0.15, 0.2) is 66.7 Å². The van der Waals surface area contributed by atoms with E-state index in [1.54, 1.807) is 48.5 Å². The van der Waals surface area contributed by atoms with Crippen molar-refractivity contribution in [2.45, 2.75) is 33.1 Å². The number of rotatable bonds is 9. The number of piperidine rings is 1. The van der Waals surface area contributed by atoms with Crippen LogP contribution in [0.25, 0.3) is 20.5 Å². The van der Waals surface area contributed by atoms with Crippen LogP contribution >= 0.6 is 11.3 Å². The van der Waals surface area contributed by atoms with Crippen molar-refractivity contribution >= 4 is 39.1 Å². The zero-order chi connectivity index (χ0) is 28.1. The summed E-state index contributed by atoms with van der Waals surface area (Å²) in [4.78, 5) is 40.2. The molecule has 0 aliphatic carbocycles. The maximum absolute atomic E-state index is 14.0. The monoisotopic (exact) mass is 557 g/mol. The van der Waals surface area contributed by atoms with Gasteiger partial charge < -0.3 is 14.2 Å². The molecule has 1 aliphatic rings. The molecule has 1 aliphatic heterocycles. The van der Waals surface area contributed by atoms with E-state index >= 15 is 0 Å². The van der Waals surface area contributed by atoms with Crippen molar-refractivity contribution in [3.63, 3.8) is 0 Å². The molecule has 1 fully saturated rings. The van der Waals surface area contributed by atoms with Crippen LogP contribution in [0.3, 0.4) is 0 Å². The van der Waals surface area contributed by atoms with E-state index in [4.69, 9.17) is 14.2 Å². The van der Waals surface area contributed by atoms with Gasteiger partial charge in [0.2, 0.25) is 0 Å². The summed E-state index contributed by atoms with van der Waals surface area (Å²) in [6.07, 6.45) is 3.79. The summed E-state index contributed by atoms with van der Waals surface area (Å²) >= 11 is 1.41. The zero-order valence-corrected chi connectivity index (χ0v) is 23.4. The van der Waals surface area contributed by atoms with Crippen molar-refractivity contribution in [3.05, 3.63) is 77.9 Å². The summed E-state index contributed by atoms with van der Waals surface area (Å²) in [6.45, 7) is 6.45. The number of thiophene rings is 1. The van der Waals surface area contributed by atoms with Crippen molar-refractivity contribution in [2.75, 3.05) is 26.2 Å². The van der Waals surface area contributed by atoms with Crippen molar-refractivity contribution in [1.82, 2.24) is 4.90 Å². The Morgan fingerprint density at radius 3 is 2.17 bits per heavy atom. The smallest absolute Gasteiger partial charge is 0.308 e. The molecule has 0 bridgehead atoms. The maximum atomic E-state index is 14.0. The first-order valence-electron chi connectivity index (χ1n) is 13.4. The normalized spacial score (nSPS) is 13.7. The molecule has 1 saturated heterocycles. The first kappa shape index (κ1) is 27.6. The molecule has 0 saturated carbocycles. The van der Waals surface area contributed by atoms with Crippen molar-refractivity contribution < 1.29 is 28.6 Å². The maximum Gasteiger partial charge on any atom is 0.308 e. The third-order valence-corrected chi connectivity index (χ3v) is 7.95. The van der Waals surface area contributed by atoms with E-state index in [-0.39, 0.29) is 5.78 Å². The lowest BCUT2D eigenvalue weighted by atomic mass is 9.97. The van der Waals surface area contributed by atoms with Gasteiger partial charge in [0.25, 0.3) is 0 Å². The lowest BCUT2D eigenvalue weighted by Gasteiger charge is -2.26. The number of hydrogen-bond donors (Lipinski definition) is 0. The summed E-state index contributed by atoms with van der Waals surface area (Å²) in [5, 5.41) is 0.751. The van der Waals surface area contributed by atoms with Crippen molar-refractivity contribution in [3.8, 4) is 27.7 Å². The minimum atomic E-state index is -0.422. The van der Waals surface area contributed by atoms with Gasteiger partial charge in [-0.25, -0.2) is 0 Å². The van der Waals surface area contributed by atoms with Crippen LogP contribution in [0.1, 0.15) is 49.0 Å². The van der Waals surface area contributed by atoms with E-state index in [0.29, 0.717) is 29.2 Å². The van der Waals surface area contributed by atoms with E-state index in [2.05, 4.69) is 4.90 Å². The van der Waals surface area contributed by atoms with Gasteiger partial charge in [0.15, 0.2) is 5.78 Å². The predicted octanol–water partition coefficient (Wildman–Crippen LogP) is 6.51. The van der Waals surface area contributed by atoms with Gasteiger partial charge in [-0.2, -0.15) is 0 Å². The molecule has 8 heteroatoms. The molecule has 40 heavy (non-hydrogen) atoms. The highest BCUT2D eigenvalue weighted by molar-refractivity contribution is 7.22. The molecule has 0 spiro atoms. The van der Waals surface area contributed by atoms with Gasteiger partial charge in [0.1, 0.15) is 23.9 Å². The first-order chi connectivity index (χ1) is 19.4. The summed E-state index contributed by atoms with van der Waals surface area (Å²) in [5.74, 6) is 0.552. The third-order valence-electron chi connectivity index (χ3n) is 6.75. The minimum Gasteiger partial charge on any atom is -0.492 e. The number of carbonyl (C=O) groups excluding carboxylic acids is 3. The highest BCUT2D eigenvalue weighted by Crippen LogP contribution is 2.42. The number of ketones is 1. The standard InChI is InChI=1S/C32H31NO6S/c1-21(34)38-26-8-6-7-24(19-26)32-30(28-14-13-27(39-22(2)35)20-29(28)40-32)31(36)23-9-11-25(12-10-23)37-18-17-33-15-4-3-5-16-33/h6-14,19-20H,3-5,15-18H2,1-2H3. The van der Waals surface area contributed by atoms with E-state index in [1.165, 1.54) is 44.4 Å². The lowest BCUT2D eigenvalue weighted by molar-refractivity contribution is -0.132. The Labute approximate surface area is 237 Å². The number of likely N-dealkylation sites (tertiary alicyclic amines) is 1. The van der Waals surface area contributed by atoms with Crippen LogP contribution in [0.4, 0.5) is 0 Å². The molecule has 5 rings (SSSR count). The van der Waals surface area contributed by atoms with Gasteiger partial charge in [-0.15, -0.1) is 11.3 Å². The van der Waals surface area contributed by atoms with Crippen LogP contribution in [-0.4, -0.2) is 48.9 Å². The number of hydrogen-bond acceptors (Lipinski definition) is 8. The molecule has 7 nitrogen and oxygen atoms in total. The molecule has 0 atom stereocenters. The highest BCUT2D eigenvalue weighted by Gasteiger charge is 2.23. The summed E-state index contributed by atoms with van der Waals surface area (Å²) in [5.41, 5.74) is 1.81. The molecule has 3 aromatic carbocycles. The topological polar surface area (TPSA) is 82.1 Å². The van der Waals surface area contributed by atoms with Crippen LogP contribution in [0.2, 0.25) is 0 Å². The zero-order valence-electron chi connectivity index (χ0n) is 22.6. The molecular weight excluding hydrogens is 526 g/mol. The Bertz CT molecular complexity index is 1540. The number of carbonyl (C=O) groups is 3. The van der Waals surface area contributed by atoms with E-state index in [1.807, 2.05) is 18.2 Å². The Balaban J connectivity index is 1.44. The Morgan fingerprint density at radius 2 is 1.48 bits per heavy atom. The lowest BCUT2D eigenvalue weighted by Crippen LogP contribution is -2.33. The molecule has 0 amide bonds. The molecule has 206 valence electrons. The molecule has 2 heterocycles. The summed E-state index contributed by atoms with van der Waals surface area (Å²) in [7, 11) is 0. The van der Waals surface area contributed by atoms with Gasteiger partial charge in [-0.3, -0.25) is 19.3 Å². The number of benzene rings is 3. The highest BCUT2D eigenvalue weighted by atomic mass is 32.1. The van der Waals surface area contributed by atoms with E-state index < -0.39 is 11.9 Å². The van der Waals surface area contributed by atoms with Gasteiger partial charge in [-0.1, -0.05) is 18.6 Å². The second-order valence-electron chi connectivity index (χ2n) is 9.78. The molecular formula is C32H31NO6S. The molecule has 0 N–H and O–H groups in total. The second kappa shape index (κ2) is 12.4. The fourth-order valence-corrected chi connectivity index (χ4v) is 6.15. The molecule has 4 aromatic rings. The number of esters is 2. The van der Waals surface area contributed by atoms with Crippen LogP contribution < -0.4 is 14.2 Å². The average molecular weight is 558 g/mol. The first-order valence-corrected chi connectivity index (χ1v) is 14.2. The fourth-order valence-electron chi connectivity index (χ4n) is 4.92. The third kappa shape index (κ3) is 6.58. The summed E-state index contributed by atoms with van der Waals surface area (Å²) < 4.78 is 17.3. The second-order valence-corrected chi connectivity index (χ2v) is 10.8. The summed E-state index contributed by atoms with van der Waals surface area (Å²) in [6, 6.07) is 19.6. The molecule has 0 unspecified atom stereocenters. The van der Waals surface area contributed by atoms with Gasteiger partial charge in [0, 0.05) is 46.5 Å². The molecule has 1 aromatic heterocycles. The number of fused-ring (bicyclic) bond motifs is 1. The Kier molecular flexibility index (Phi) is 8.57. The molecule has 0 radical (unpaired) electrons. The van der Waals surface area contributed by atoms with Crippen LogP contribution in [0.5, 0.6) is 17.2 Å². The number of ether oxygens (including phenoxy) is 3. The number of nitrogens with zero attached hydrogens (tertiary/aromatic N) is 1. The van der Waals surface area contributed by atoms with Crippen LogP contribution in [0, 0.1) is 0 Å². The fraction of sp³-hybridized carbons (Fsp3) is 0.281. The Hall–Kier alpha value is -4.01. The van der Waals surface area contributed by atoms with Crippen molar-refractivity contribution in [1.29, 1.82) is 0 Å². The van der Waals surface area contributed by atoms with Gasteiger partial charge in [-0.05, 0) is 86.1 Å². The van der Waals surface area contributed by atoms with Gasteiger partial charge >= 0.3 is 11.9 Å². The quantitative estimate of drug-likeness (QED) is 0.132. The average Bonchev–Trinajstić information content (AvgIpc) is 3.32. The Morgan fingerprint density at radius 1 is 0.800 bits per heavy atom. The minimum absolute atomic E-state index is 0.140.